The van der Waals surface area contributed by atoms with E-state index in [-0.39, 0.29) is 17.6 Å². The first-order valence-corrected chi connectivity index (χ1v) is 9.74. The number of hydrogen-bond donors (Lipinski definition) is 2. The Morgan fingerprint density at radius 3 is 2.14 bits per heavy atom. The van der Waals surface area contributed by atoms with E-state index in [1.807, 2.05) is 0 Å². The summed E-state index contributed by atoms with van der Waals surface area (Å²) in [6, 6.07) is 0. The van der Waals surface area contributed by atoms with Crippen molar-refractivity contribution in [2.75, 3.05) is 0 Å². The molecule has 0 aromatic rings. The topological polar surface area (TPSA) is 40.5 Å². The van der Waals surface area contributed by atoms with E-state index in [1.54, 1.807) is 0 Å². The minimum atomic E-state index is -0.0724. The van der Waals surface area contributed by atoms with Crippen LogP contribution in [0.2, 0.25) is 0 Å². The Bertz CT molecular complexity index is 449. The third kappa shape index (κ3) is 1.86. The summed E-state index contributed by atoms with van der Waals surface area (Å²) < 4.78 is 0. The molecule has 2 nitrogen and oxygen atoms in total. The Hall–Kier alpha value is -0.0800. The molecule has 126 valence electrons. The molecule has 4 saturated carbocycles. The van der Waals surface area contributed by atoms with Crippen LogP contribution in [0.1, 0.15) is 72.1 Å². The number of aliphatic hydroxyl groups excluding tert-OH is 2. The second-order valence-corrected chi connectivity index (χ2v) is 9.67. The largest absolute Gasteiger partial charge is 0.393 e. The highest BCUT2D eigenvalue weighted by molar-refractivity contribution is 5.10. The van der Waals surface area contributed by atoms with Gasteiger partial charge in [-0.2, -0.15) is 0 Å². The molecular weight excluding hydrogens is 272 g/mol. The summed E-state index contributed by atoms with van der Waals surface area (Å²) in [4.78, 5) is 0. The Labute approximate surface area is 135 Å². The fourth-order valence-corrected chi connectivity index (χ4v) is 7.68. The maximum atomic E-state index is 10.5. The fourth-order valence-electron chi connectivity index (χ4n) is 7.68. The molecule has 0 spiro atoms. The zero-order valence-electron chi connectivity index (χ0n) is 14.6. The maximum absolute atomic E-state index is 10.5. The van der Waals surface area contributed by atoms with Crippen LogP contribution in [-0.4, -0.2) is 22.4 Å². The Morgan fingerprint density at radius 2 is 1.36 bits per heavy atom. The maximum Gasteiger partial charge on any atom is 0.0596 e. The molecule has 0 aliphatic heterocycles. The van der Waals surface area contributed by atoms with Gasteiger partial charge in [0.2, 0.25) is 0 Å². The summed E-state index contributed by atoms with van der Waals surface area (Å²) in [7, 11) is 0. The number of aliphatic hydroxyl groups is 2. The minimum Gasteiger partial charge on any atom is -0.393 e. The van der Waals surface area contributed by atoms with Gasteiger partial charge >= 0.3 is 0 Å². The molecule has 2 N–H and O–H groups in total. The molecule has 0 amide bonds. The van der Waals surface area contributed by atoms with Crippen molar-refractivity contribution in [1.82, 2.24) is 0 Å². The zero-order valence-corrected chi connectivity index (χ0v) is 14.6. The first-order chi connectivity index (χ1) is 10.4. The summed E-state index contributed by atoms with van der Waals surface area (Å²) in [5.74, 6) is 3.61. The molecule has 4 aliphatic carbocycles. The molecule has 4 aliphatic rings. The van der Waals surface area contributed by atoms with Crippen molar-refractivity contribution in [3.63, 3.8) is 0 Å². The van der Waals surface area contributed by atoms with Gasteiger partial charge in [-0.3, -0.25) is 0 Å². The SMILES string of the molecule is CC1C(O)CC[C@@]2(C)C1CC[C@@H]1[C@H]2CC[C@]2(C)C(O)CC[C@@H]12. The van der Waals surface area contributed by atoms with E-state index in [9.17, 15) is 10.2 Å². The van der Waals surface area contributed by atoms with Gasteiger partial charge in [-0.15, -0.1) is 0 Å². The highest BCUT2D eigenvalue weighted by atomic mass is 16.3. The lowest BCUT2D eigenvalue weighted by atomic mass is 9.44. The van der Waals surface area contributed by atoms with Gasteiger partial charge in [0.15, 0.2) is 0 Å². The Kier molecular flexibility index (Phi) is 3.48. The zero-order chi connectivity index (χ0) is 15.7. The molecule has 4 rings (SSSR count). The van der Waals surface area contributed by atoms with Crippen LogP contribution in [0.4, 0.5) is 0 Å². The summed E-state index contributed by atoms with van der Waals surface area (Å²) >= 11 is 0. The van der Waals surface area contributed by atoms with Gasteiger partial charge in [-0.25, -0.2) is 0 Å². The average Bonchev–Trinajstić information content (AvgIpc) is 2.79. The molecule has 0 aromatic carbocycles. The molecule has 0 radical (unpaired) electrons. The lowest BCUT2D eigenvalue weighted by Gasteiger charge is -2.62. The quantitative estimate of drug-likeness (QED) is 0.710. The third-order valence-electron chi connectivity index (χ3n) is 9.11. The van der Waals surface area contributed by atoms with Crippen LogP contribution in [0.15, 0.2) is 0 Å². The molecule has 0 heterocycles. The van der Waals surface area contributed by atoms with Crippen molar-refractivity contribution in [1.29, 1.82) is 0 Å². The summed E-state index contributed by atoms with van der Waals surface area (Å²) in [5, 5.41) is 20.8. The van der Waals surface area contributed by atoms with E-state index < -0.39 is 0 Å². The molecule has 4 unspecified atom stereocenters. The van der Waals surface area contributed by atoms with E-state index in [4.69, 9.17) is 0 Å². The van der Waals surface area contributed by atoms with Crippen molar-refractivity contribution in [2.45, 2.75) is 84.3 Å². The second-order valence-electron chi connectivity index (χ2n) is 9.67. The number of rotatable bonds is 0. The van der Waals surface area contributed by atoms with Gasteiger partial charge in [0.1, 0.15) is 0 Å². The molecule has 2 heteroatoms. The first kappa shape index (κ1) is 15.4. The van der Waals surface area contributed by atoms with Crippen molar-refractivity contribution in [3.8, 4) is 0 Å². The van der Waals surface area contributed by atoms with Gasteiger partial charge in [0.05, 0.1) is 12.2 Å². The van der Waals surface area contributed by atoms with Crippen molar-refractivity contribution in [2.24, 2.45) is 40.4 Å². The van der Waals surface area contributed by atoms with Crippen LogP contribution in [0, 0.1) is 40.4 Å². The standard InChI is InChI=1S/C20H34O2/c1-12-14-5-4-13-15-6-7-18(22)20(15,3)10-8-16(13)19(14,2)11-9-17(12)21/h12-18,21-22H,4-11H2,1-3H3/t12?,13-,14?,15-,16+,17?,18?,19-,20-/m0/s1. The predicted molar refractivity (Wildman–Crippen MR) is 88.3 cm³/mol. The van der Waals surface area contributed by atoms with Gasteiger partial charge in [-0.05, 0) is 91.8 Å². The normalized spacial score (nSPS) is 61.2. The van der Waals surface area contributed by atoms with Crippen molar-refractivity contribution >= 4 is 0 Å². The minimum absolute atomic E-state index is 0.0592. The first-order valence-electron chi connectivity index (χ1n) is 9.74. The molecule has 22 heavy (non-hydrogen) atoms. The van der Waals surface area contributed by atoms with Crippen molar-refractivity contribution in [3.05, 3.63) is 0 Å². The molecule has 0 bridgehead atoms. The summed E-state index contributed by atoms with van der Waals surface area (Å²) in [6.45, 7) is 7.21. The van der Waals surface area contributed by atoms with Crippen LogP contribution in [-0.2, 0) is 0 Å². The molecule has 9 atom stereocenters. The van der Waals surface area contributed by atoms with Gasteiger partial charge in [0, 0.05) is 0 Å². The monoisotopic (exact) mass is 306 g/mol. The Morgan fingerprint density at radius 1 is 0.727 bits per heavy atom. The van der Waals surface area contributed by atoms with E-state index in [0.717, 1.165) is 30.6 Å². The van der Waals surface area contributed by atoms with Crippen LogP contribution in [0.25, 0.3) is 0 Å². The lowest BCUT2D eigenvalue weighted by Crippen LogP contribution is -2.56. The second kappa shape index (κ2) is 4.96. The molecule has 0 aromatic heterocycles. The van der Waals surface area contributed by atoms with E-state index in [1.165, 1.54) is 38.5 Å². The number of fused-ring (bicyclic) bond motifs is 5. The van der Waals surface area contributed by atoms with Crippen LogP contribution >= 0.6 is 0 Å². The third-order valence-corrected chi connectivity index (χ3v) is 9.11. The summed E-state index contributed by atoms with van der Waals surface area (Å²) in [5.41, 5.74) is 0.639. The highest BCUT2D eigenvalue weighted by Gasteiger charge is 2.60. The molecule has 0 saturated heterocycles. The fraction of sp³-hybridized carbons (Fsp3) is 1.00. The van der Waals surface area contributed by atoms with Gasteiger partial charge in [0.25, 0.3) is 0 Å². The van der Waals surface area contributed by atoms with Crippen LogP contribution < -0.4 is 0 Å². The lowest BCUT2D eigenvalue weighted by molar-refractivity contribution is -0.152. The Balaban J connectivity index is 1.64. The van der Waals surface area contributed by atoms with Gasteiger partial charge in [-0.1, -0.05) is 20.8 Å². The number of hydrogen-bond acceptors (Lipinski definition) is 2. The van der Waals surface area contributed by atoms with Crippen molar-refractivity contribution < 1.29 is 10.2 Å². The van der Waals surface area contributed by atoms with Crippen LogP contribution in [0.5, 0.6) is 0 Å². The molecular formula is C20H34O2. The smallest absolute Gasteiger partial charge is 0.0596 e. The van der Waals surface area contributed by atoms with E-state index >= 15 is 0 Å². The average molecular weight is 306 g/mol. The molecule has 4 fully saturated rings. The van der Waals surface area contributed by atoms with Gasteiger partial charge < -0.3 is 10.2 Å². The van der Waals surface area contributed by atoms with E-state index in [0.29, 0.717) is 17.3 Å². The predicted octanol–water partition coefficient (Wildman–Crippen LogP) is 4.00. The van der Waals surface area contributed by atoms with Crippen LogP contribution in [0.3, 0.4) is 0 Å². The summed E-state index contributed by atoms with van der Waals surface area (Å²) in [6.07, 6.45) is 9.54. The highest BCUT2D eigenvalue weighted by Crippen LogP contribution is 2.66. The van der Waals surface area contributed by atoms with E-state index in [2.05, 4.69) is 20.8 Å².